The van der Waals surface area contributed by atoms with Gasteiger partial charge in [0.15, 0.2) is 0 Å². The van der Waals surface area contributed by atoms with Crippen LogP contribution < -0.4 is 0 Å². The zero-order valence-electron chi connectivity index (χ0n) is 11.7. The molecule has 0 radical (unpaired) electrons. The molecule has 0 spiro atoms. The lowest BCUT2D eigenvalue weighted by Gasteiger charge is -2.46. The van der Waals surface area contributed by atoms with Crippen molar-refractivity contribution in [1.29, 1.82) is 0 Å². The van der Waals surface area contributed by atoms with E-state index in [4.69, 9.17) is 24.4 Å². The molecule has 0 aromatic rings. The Kier molecular flexibility index (Phi) is 5.72. The third-order valence-corrected chi connectivity index (χ3v) is 3.97. The van der Waals surface area contributed by atoms with Gasteiger partial charge in [-0.05, 0) is 0 Å². The van der Waals surface area contributed by atoms with Gasteiger partial charge in [-0.1, -0.05) is 0 Å². The predicted molar refractivity (Wildman–Crippen MR) is 67.5 cm³/mol. The molecular weight excluding hydrogens is 304 g/mol. The Morgan fingerprint density at radius 3 is 2.09 bits per heavy atom. The molecule has 7 N–H and O–H groups in total. The molecule has 22 heavy (non-hydrogen) atoms. The van der Waals surface area contributed by atoms with Crippen molar-refractivity contribution in [2.75, 3.05) is 26.4 Å². The van der Waals surface area contributed by atoms with Crippen LogP contribution in [-0.2, 0) is 14.2 Å². The van der Waals surface area contributed by atoms with Crippen molar-refractivity contribution in [3.05, 3.63) is 0 Å². The number of aliphatic hydroxyl groups excluding tert-OH is 6. The quantitative estimate of drug-likeness (QED) is 0.249. The van der Waals surface area contributed by atoms with Gasteiger partial charge < -0.3 is 50.0 Å². The molecule has 2 heterocycles. The zero-order valence-corrected chi connectivity index (χ0v) is 11.7. The number of hydrogen-bond acceptors (Lipinski definition) is 10. The molecule has 8 atom stereocenters. The van der Waals surface area contributed by atoms with E-state index in [0.717, 1.165) is 0 Å². The summed E-state index contributed by atoms with van der Waals surface area (Å²) in [7, 11) is 0. The molecule has 0 aliphatic carbocycles. The van der Waals surface area contributed by atoms with Crippen LogP contribution in [-0.4, -0.2) is 111 Å². The molecule has 130 valence electrons. The van der Waals surface area contributed by atoms with E-state index in [1.807, 2.05) is 0 Å². The van der Waals surface area contributed by atoms with Crippen LogP contribution in [0.4, 0.5) is 0 Å². The van der Waals surface area contributed by atoms with Crippen LogP contribution in [0.15, 0.2) is 0 Å². The van der Waals surface area contributed by atoms with Crippen LogP contribution in [0.2, 0.25) is 0 Å². The van der Waals surface area contributed by atoms with E-state index in [1.165, 1.54) is 0 Å². The molecular formula is C12H22O10. The summed E-state index contributed by atoms with van der Waals surface area (Å²) in [5, 5.41) is 67.6. The number of hydrogen-bond donors (Lipinski definition) is 7. The second kappa shape index (κ2) is 7.01. The van der Waals surface area contributed by atoms with E-state index in [1.54, 1.807) is 0 Å². The molecule has 0 amide bonds. The van der Waals surface area contributed by atoms with Crippen LogP contribution in [0.5, 0.6) is 0 Å². The molecule has 2 aliphatic rings. The van der Waals surface area contributed by atoms with E-state index in [-0.39, 0.29) is 6.61 Å². The minimum absolute atomic E-state index is 0.252. The molecule has 0 aromatic carbocycles. The fourth-order valence-corrected chi connectivity index (χ4v) is 2.53. The Morgan fingerprint density at radius 1 is 0.909 bits per heavy atom. The van der Waals surface area contributed by atoms with Gasteiger partial charge in [-0.25, -0.2) is 0 Å². The highest BCUT2D eigenvalue weighted by atomic mass is 16.7. The van der Waals surface area contributed by atoms with Crippen molar-refractivity contribution in [3.63, 3.8) is 0 Å². The van der Waals surface area contributed by atoms with Crippen molar-refractivity contribution < 1.29 is 50.0 Å². The molecule has 2 aliphatic heterocycles. The highest BCUT2D eigenvalue weighted by Gasteiger charge is 2.52. The maximum atomic E-state index is 10.3. The molecule has 10 heteroatoms. The Labute approximate surface area is 126 Å². The van der Waals surface area contributed by atoms with Crippen molar-refractivity contribution in [2.45, 2.75) is 48.5 Å². The van der Waals surface area contributed by atoms with E-state index in [0.29, 0.717) is 0 Å². The first-order chi connectivity index (χ1) is 10.3. The van der Waals surface area contributed by atoms with Gasteiger partial charge in [0.1, 0.15) is 49.3 Å². The van der Waals surface area contributed by atoms with Gasteiger partial charge in [0.05, 0.1) is 19.8 Å². The first kappa shape index (κ1) is 17.9. The summed E-state index contributed by atoms with van der Waals surface area (Å²) in [6.45, 7) is -1.87. The summed E-state index contributed by atoms with van der Waals surface area (Å²) >= 11 is 0. The summed E-state index contributed by atoms with van der Waals surface area (Å²) in [5.74, 6) is -2.34. The molecule has 2 rings (SSSR count). The summed E-state index contributed by atoms with van der Waals surface area (Å²) in [5.41, 5.74) is 0. The van der Waals surface area contributed by atoms with Crippen molar-refractivity contribution in [3.8, 4) is 0 Å². The van der Waals surface area contributed by atoms with E-state index in [2.05, 4.69) is 0 Å². The first-order valence-electron chi connectivity index (χ1n) is 6.91. The van der Waals surface area contributed by atoms with Gasteiger partial charge in [0.2, 0.25) is 5.79 Å². The topological polar surface area (TPSA) is 169 Å². The second-order valence-corrected chi connectivity index (χ2v) is 5.50. The third kappa shape index (κ3) is 3.26. The van der Waals surface area contributed by atoms with E-state index < -0.39 is 68.3 Å². The molecule has 0 saturated carbocycles. The fraction of sp³-hybridized carbons (Fsp3) is 1.00. The Bertz CT molecular complexity index is 368. The van der Waals surface area contributed by atoms with Crippen LogP contribution in [0.25, 0.3) is 0 Å². The monoisotopic (exact) mass is 326 g/mol. The Hall–Kier alpha value is -0.400. The fourth-order valence-electron chi connectivity index (χ4n) is 2.53. The largest absolute Gasteiger partial charge is 0.394 e. The number of rotatable bonds is 4. The first-order valence-corrected chi connectivity index (χ1v) is 6.91. The SMILES string of the molecule is OC[C@H]1OC[C@@](O)(O[C@@H]2CO[C@H](CO)[C@@H](O)[C@@H]2O)[C@@H](O)[C@@H]1O. The van der Waals surface area contributed by atoms with Crippen LogP contribution >= 0.6 is 0 Å². The lowest BCUT2D eigenvalue weighted by atomic mass is 9.95. The van der Waals surface area contributed by atoms with Gasteiger partial charge in [-0.15, -0.1) is 0 Å². The van der Waals surface area contributed by atoms with Gasteiger partial charge >= 0.3 is 0 Å². The highest BCUT2D eigenvalue weighted by molar-refractivity contribution is 4.95. The van der Waals surface area contributed by atoms with Crippen LogP contribution in [0.1, 0.15) is 0 Å². The number of aliphatic hydroxyl groups is 7. The zero-order chi connectivity index (χ0) is 16.5. The Morgan fingerprint density at radius 2 is 1.50 bits per heavy atom. The van der Waals surface area contributed by atoms with Gasteiger partial charge in [-0.2, -0.15) is 0 Å². The van der Waals surface area contributed by atoms with E-state index in [9.17, 15) is 25.5 Å². The Balaban J connectivity index is 2.03. The summed E-state index contributed by atoms with van der Waals surface area (Å²) in [6.07, 6.45) is -9.58. The highest BCUT2D eigenvalue weighted by Crippen LogP contribution is 2.29. The van der Waals surface area contributed by atoms with Gasteiger partial charge in [-0.3, -0.25) is 0 Å². The molecule has 2 saturated heterocycles. The number of ether oxygens (including phenoxy) is 3. The average Bonchev–Trinajstić information content (AvgIpc) is 2.50. The summed E-state index contributed by atoms with van der Waals surface area (Å²) < 4.78 is 15.3. The molecule has 0 aromatic heterocycles. The smallest absolute Gasteiger partial charge is 0.219 e. The molecule has 0 bridgehead atoms. The van der Waals surface area contributed by atoms with Crippen molar-refractivity contribution >= 4 is 0 Å². The predicted octanol–water partition coefficient (Wildman–Crippen LogP) is -4.71. The average molecular weight is 326 g/mol. The third-order valence-electron chi connectivity index (χ3n) is 3.97. The van der Waals surface area contributed by atoms with Crippen LogP contribution in [0, 0.1) is 0 Å². The maximum absolute atomic E-state index is 10.3. The minimum Gasteiger partial charge on any atom is -0.394 e. The van der Waals surface area contributed by atoms with Gasteiger partial charge in [0, 0.05) is 0 Å². The minimum atomic E-state index is -2.34. The summed E-state index contributed by atoms with van der Waals surface area (Å²) in [4.78, 5) is 0. The van der Waals surface area contributed by atoms with Crippen molar-refractivity contribution in [1.82, 2.24) is 0 Å². The van der Waals surface area contributed by atoms with E-state index >= 15 is 0 Å². The van der Waals surface area contributed by atoms with Crippen LogP contribution in [0.3, 0.4) is 0 Å². The lowest BCUT2D eigenvalue weighted by molar-refractivity contribution is -0.367. The normalized spacial score (nSPS) is 50.0. The standard InChI is InChI=1S/C12H22O10/c13-1-5-8(15)9(16)7(3-20-5)22-12(19)4-21-6(2-14)10(17)11(12)18/h5-11,13-19H,1-4H2/t5-,6-,7-,8-,9-,10-,11+,12-/m1/s1. The molecule has 0 unspecified atom stereocenters. The molecule has 2 fully saturated rings. The van der Waals surface area contributed by atoms with Crippen molar-refractivity contribution in [2.24, 2.45) is 0 Å². The summed E-state index contributed by atoms with van der Waals surface area (Å²) in [6, 6.07) is 0. The van der Waals surface area contributed by atoms with Gasteiger partial charge in [0.25, 0.3) is 0 Å². The second-order valence-electron chi connectivity index (χ2n) is 5.50. The molecule has 10 nitrogen and oxygen atoms in total. The lowest BCUT2D eigenvalue weighted by Crippen LogP contribution is -2.66. The maximum Gasteiger partial charge on any atom is 0.219 e.